The molecule has 0 bridgehead atoms. The number of Topliss-reactive ketones (excluding diaryl/α,β-unsaturated/α-hetero) is 1. The van der Waals surface area contributed by atoms with Crippen LogP contribution in [0.25, 0.3) is 0 Å². The summed E-state index contributed by atoms with van der Waals surface area (Å²) in [6, 6.07) is -3.61. The molecule has 32 heteroatoms. The second-order valence-corrected chi connectivity index (χ2v) is 30.9. The molecule has 2 heterocycles. The van der Waals surface area contributed by atoms with Crippen molar-refractivity contribution in [3.63, 3.8) is 0 Å². The van der Waals surface area contributed by atoms with E-state index >= 15 is 8.78 Å². The minimum Gasteiger partial charge on any atom is -0.390 e. The summed E-state index contributed by atoms with van der Waals surface area (Å²) < 4.78 is 99.1. The molecular formula is C76H127F2N10O20+. The number of rotatable bonds is 51. The number of hydrazine groups is 2. The third kappa shape index (κ3) is 24.6. The van der Waals surface area contributed by atoms with Gasteiger partial charge in [-0.1, -0.05) is 53.0 Å². The number of quaternary nitrogens is 1. The van der Waals surface area contributed by atoms with Gasteiger partial charge in [0.1, 0.15) is 37.0 Å². The first-order valence-electron chi connectivity index (χ1n) is 39.2. The van der Waals surface area contributed by atoms with Crippen molar-refractivity contribution in [1.82, 2.24) is 47.9 Å². The lowest BCUT2D eigenvalue weighted by molar-refractivity contribution is -0.869. The Morgan fingerprint density at radius 1 is 0.722 bits per heavy atom. The number of hydrogen-bond donors (Lipinski definition) is 9. The number of aliphatic hydroxyl groups is 1. The summed E-state index contributed by atoms with van der Waals surface area (Å²) in [6.07, 6.45) is 4.14. The fourth-order valence-corrected chi connectivity index (χ4v) is 15.9. The zero-order valence-corrected chi connectivity index (χ0v) is 65.6. The average molecular weight is 1540 g/mol. The van der Waals surface area contributed by atoms with Crippen LogP contribution in [0.1, 0.15) is 145 Å². The van der Waals surface area contributed by atoms with Crippen molar-refractivity contribution in [3.8, 4) is 0 Å². The van der Waals surface area contributed by atoms with Gasteiger partial charge in [-0.3, -0.25) is 43.4 Å². The second kappa shape index (κ2) is 43.9. The van der Waals surface area contributed by atoms with Crippen LogP contribution in [0.2, 0.25) is 0 Å². The Kier molecular flexibility index (Phi) is 36.4. The predicted molar refractivity (Wildman–Crippen MR) is 393 cm³/mol. The van der Waals surface area contributed by atoms with Crippen molar-refractivity contribution in [3.05, 3.63) is 35.2 Å². The lowest BCUT2D eigenvalue weighted by Gasteiger charge is -2.63. The van der Waals surface area contributed by atoms with E-state index in [1.807, 2.05) is 18.9 Å². The number of amides is 6. The molecular weight excluding hydrogens is 1410 g/mol. The van der Waals surface area contributed by atoms with E-state index in [4.69, 9.17) is 52.1 Å². The molecule has 5 aliphatic carbocycles. The number of carbonyl (C=O) groups excluding carboxylic acids is 8. The number of fused-ring (bicyclic) bond motifs is 7. The third-order valence-electron chi connectivity index (χ3n) is 21.7. The van der Waals surface area contributed by atoms with Crippen molar-refractivity contribution < 1.29 is 109 Å². The van der Waals surface area contributed by atoms with E-state index in [0.717, 1.165) is 54.2 Å². The molecule has 1 saturated heterocycles. The third-order valence-corrected chi connectivity index (χ3v) is 21.7. The monoisotopic (exact) mass is 1540 g/mol. The molecule has 2 aliphatic heterocycles. The predicted octanol–water partition coefficient (Wildman–Crippen LogP) is 2.94. The van der Waals surface area contributed by atoms with E-state index in [9.17, 15) is 43.5 Å². The number of nitrogens with zero attached hydrogens (tertiary/aromatic N) is 2. The Balaban J connectivity index is 0.861. The van der Waals surface area contributed by atoms with Crippen LogP contribution < -0.4 is 42.9 Å². The minimum absolute atomic E-state index is 0.0225. The van der Waals surface area contributed by atoms with Crippen molar-refractivity contribution in [1.29, 1.82) is 0 Å². The summed E-state index contributed by atoms with van der Waals surface area (Å²) >= 11 is 0. The Hall–Kier alpha value is -5.72. The Morgan fingerprint density at radius 3 is 1.97 bits per heavy atom. The first-order valence-corrected chi connectivity index (χ1v) is 39.2. The average Bonchev–Trinajstić information content (AvgIpc) is 1.43. The Labute approximate surface area is 636 Å². The van der Waals surface area contributed by atoms with Crippen LogP contribution >= 0.6 is 0 Å². The molecule has 4 fully saturated rings. The highest BCUT2D eigenvalue weighted by Crippen LogP contribution is 2.72. The molecule has 7 rings (SSSR count). The molecule has 108 heavy (non-hydrogen) atoms. The van der Waals surface area contributed by atoms with Crippen LogP contribution in [0.4, 0.5) is 8.78 Å². The number of aliphatic hydroxyl groups excluding tert-OH is 1. The van der Waals surface area contributed by atoms with Gasteiger partial charge in [0.2, 0.25) is 35.4 Å². The highest BCUT2D eigenvalue weighted by Gasteiger charge is 2.80. The number of hydrogen-bond acceptors (Lipinski definition) is 23. The maximum absolute atomic E-state index is 18.1. The van der Waals surface area contributed by atoms with Gasteiger partial charge < -0.3 is 99.0 Å². The molecule has 7 aliphatic rings. The van der Waals surface area contributed by atoms with E-state index < -0.39 is 124 Å². The molecule has 0 radical (unpaired) electrons. The largest absolute Gasteiger partial charge is 0.390 e. The minimum atomic E-state index is -2.41. The van der Waals surface area contributed by atoms with Gasteiger partial charge in [-0.25, -0.2) is 8.78 Å². The lowest BCUT2D eigenvalue weighted by Crippen LogP contribution is -2.71. The van der Waals surface area contributed by atoms with Crippen molar-refractivity contribution in [2.45, 2.75) is 205 Å². The molecule has 0 aromatic rings. The van der Waals surface area contributed by atoms with Gasteiger partial charge in [0.15, 0.2) is 29.1 Å². The topological polar surface area (TPSA) is 358 Å². The first kappa shape index (κ1) is 89.5. The molecule has 0 aromatic heterocycles. The number of alkyl halides is 2. The fraction of sp³-hybridized carbons (Fsp3) is 0.816. The van der Waals surface area contributed by atoms with Crippen LogP contribution in [0.5, 0.6) is 0 Å². The van der Waals surface area contributed by atoms with Crippen molar-refractivity contribution >= 4 is 47.0 Å². The van der Waals surface area contributed by atoms with E-state index in [-0.39, 0.29) is 88.6 Å². The molecule has 0 spiro atoms. The number of ketones is 2. The lowest BCUT2D eigenvalue weighted by atomic mass is 9.44. The number of nitrogens with one attached hydrogen (secondary N) is 8. The fourth-order valence-electron chi connectivity index (χ4n) is 15.9. The summed E-state index contributed by atoms with van der Waals surface area (Å²) in [5.41, 5.74) is 1.26. The highest BCUT2D eigenvalue weighted by molar-refractivity contribution is 6.01. The standard InChI is InChI=1S/C76H126F2N10O20/c1-11-18-67-107-63-47-54-55-46-57(77)56-45-53(89)22-25-73(56,6)75(55,78)61(90)48-74(54,7)76(63,108-67)62(91)49-81-70(95)52(5)82-72(97)68(51(3)4)84-71(96)58(83-65(93)24-31-100-36-39-104-42-41-102-34-33-98-12-2)19-16-17-26-79-66(94)50-106-60-21-15-13-14-20-59-69(60)85-86-87(59)28-32-101-37-40-105-44-43-103-38-35-99-30-23-64(92)80-27-29-88(8,9)10/h22,25,45,51-52,54-55,57-58,60-61,63,67-68,85-86,90H,11-21,23-24,26-44,46-50H2,1-10H3,(H5-,79,80,81,82,83,84,92,93,94,95,96,97)/p+1/t52-,54?,55-,57-,58+,60?,61-,63+,67?,68-,73-,74-,75-,76+/m0/s1. The summed E-state index contributed by atoms with van der Waals surface area (Å²) in [4.78, 5) is 109. The number of unbranched alkanes of at least 4 members (excludes halogenated alkanes) is 1. The molecule has 3 saturated carbocycles. The maximum Gasteiger partial charge on any atom is 0.246 e. The van der Waals surface area contributed by atoms with Gasteiger partial charge in [-0.15, -0.1) is 5.53 Å². The first-order chi connectivity index (χ1) is 51.6. The second-order valence-electron chi connectivity index (χ2n) is 30.9. The van der Waals surface area contributed by atoms with Crippen molar-refractivity contribution in [2.24, 2.45) is 28.6 Å². The SMILES string of the molecule is CCCC1O[C@@H]2CC3[C@@H]4C[C@H](F)C5=CC(=O)C=C[C@]5(C)[C@@]4(F)[C@@H](O)C[C@]3(C)[C@]2(C(=O)CNC(=O)[C@H](C)NC(=O)[C@@H](NC(=O)[C@@H](CCCCNC(=O)COC2CCCCCC3=C2NNN3CCOCCOCCOCCOCCC(=O)NCC[N+](C)(C)C)NC(=O)CCOCCOCCOCCOCC)C(C)C)O1. The molecule has 6 amide bonds. The summed E-state index contributed by atoms with van der Waals surface area (Å²) in [7, 11) is 6.23. The van der Waals surface area contributed by atoms with Crippen LogP contribution in [0, 0.1) is 28.6 Å². The maximum atomic E-state index is 18.1. The molecule has 14 atom stereocenters. The van der Waals surface area contributed by atoms with E-state index in [0.29, 0.717) is 138 Å². The molecule has 614 valence electrons. The van der Waals surface area contributed by atoms with Gasteiger partial charge in [-0.2, -0.15) is 0 Å². The zero-order chi connectivity index (χ0) is 78.5. The normalized spacial score (nSPS) is 27.4. The Bertz CT molecular complexity index is 3020. The molecule has 30 nitrogen and oxygen atoms in total. The quantitative estimate of drug-likeness (QED) is 0.0312. The van der Waals surface area contributed by atoms with E-state index in [1.165, 1.54) is 26.0 Å². The van der Waals surface area contributed by atoms with E-state index in [2.05, 4.69) is 64.0 Å². The molecule has 0 aromatic carbocycles. The van der Waals surface area contributed by atoms with Gasteiger partial charge in [0.25, 0.3) is 0 Å². The number of halogens is 2. The number of ether oxygens (including phenoxy) is 11. The Morgan fingerprint density at radius 2 is 1.34 bits per heavy atom. The number of allylic oxidation sites excluding steroid dienone is 5. The van der Waals surface area contributed by atoms with Gasteiger partial charge in [0.05, 0.1) is 170 Å². The highest BCUT2D eigenvalue weighted by atomic mass is 19.1. The number of likely N-dealkylation sites (N-methyl/N-ethyl adjacent to an activating group) is 1. The van der Waals surface area contributed by atoms with Gasteiger partial charge >= 0.3 is 0 Å². The zero-order valence-electron chi connectivity index (χ0n) is 65.6. The van der Waals surface area contributed by atoms with Gasteiger partial charge in [0, 0.05) is 42.7 Å². The van der Waals surface area contributed by atoms with Gasteiger partial charge in [-0.05, 0) is 115 Å². The number of carbonyl (C=O) groups is 8. The summed E-state index contributed by atoms with van der Waals surface area (Å²) in [5, 5.41) is 30.8. The molecule has 9 N–H and O–H groups in total. The van der Waals surface area contributed by atoms with Crippen LogP contribution in [0.3, 0.4) is 0 Å². The molecule has 3 unspecified atom stereocenters. The smallest absolute Gasteiger partial charge is 0.246 e. The van der Waals surface area contributed by atoms with E-state index in [1.54, 1.807) is 20.8 Å². The van der Waals surface area contributed by atoms with Crippen LogP contribution in [-0.4, -0.2) is 288 Å². The van der Waals surface area contributed by atoms with Crippen LogP contribution in [-0.2, 0) is 90.5 Å². The summed E-state index contributed by atoms with van der Waals surface area (Å²) in [5.74, 6) is -6.45. The van der Waals surface area contributed by atoms with Crippen molar-refractivity contribution in [2.75, 3.05) is 166 Å². The summed E-state index contributed by atoms with van der Waals surface area (Å²) in [6.45, 7) is 19.3. The van der Waals surface area contributed by atoms with Crippen LogP contribution in [0.15, 0.2) is 35.2 Å².